The monoisotopic (exact) mass is 415 g/mol. The molecule has 0 spiro atoms. The van der Waals surface area contributed by atoms with Crippen LogP contribution in [0.25, 0.3) is 11.0 Å². The fraction of sp³-hybridized carbons (Fsp3) is 0.120. The number of hydrogen-bond donors (Lipinski definition) is 1. The smallest absolute Gasteiger partial charge is 0.291 e. The molecule has 5 nitrogen and oxygen atoms in total. The summed E-state index contributed by atoms with van der Waals surface area (Å²) in [6.07, 6.45) is 0. The third-order valence-electron chi connectivity index (χ3n) is 5.61. The minimum atomic E-state index is -0.715. The van der Waals surface area contributed by atoms with Crippen LogP contribution in [-0.2, 0) is 6.54 Å². The number of carbonyl (C=O) groups is 1. The molecule has 1 amide bonds. The summed E-state index contributed by atoms with van der Waals surface area (Å²) >= 11 is 0. The van der Waals surface area contributed by atoms with E-state index in [1.807, 2.05) is 31.2 Å². The predicted octanol–water partition coefficient (Wildman–Crippen LogP) is 4.69. The SMILES string of the molecule is Cc1ccc(CN2C(=O)c3oc4ccc(F)cc4c(=O)c3[C@@H]2c2ccc(O)cc2)cc1. The third kappa shape index (κ3) is 3.17. The molecule has 31 heavy (non-hydrogen) atoms. The standard InChI is InChI=1S/C25H18FNO4/c1-14-2-4-15(5-3-14)13-27-22(16-6-9-18(28)10-7-16)21-23(29)19-12-17(26)8-11-20(19)31-24(21)25(27)30/h2-12,22,28H,13H2,1H3/t22-/m0/s1. The molecule has 1 N–H and O–H groups in total. The molecule has 0 saturated carbocycles. The van der Waals surface area contributed by atoms with Crippen molar-refractivity contribution in [3.63, 3.8) is 0 Å². The molecule has 5 rings (SSSR count). The van der Waals surface area contributed by atoms with E-state index in [9.17, 15) is 19.1 Å². The molecule has 1 aromatic heterocycles. The molecular weight excluding hydrogens is 397 g/mol. The lowest BCUT2D eigenvalue weighted by atomic mass is 9.98. The first-order valence-corrected chi connectivity index (χ1v) is 9.84. The van der Waals surface area contributed by atoms with E-state index in [2.05, 4.69) is 0 Å². The Labute approximate surface area is 177 Å². The Kier molecular flexibility index (Phi) is 4.36. The highest BCUT2D eigenvalue weighted by Gasteiger charge is 2.42. The van der Waals surface area contributed by atoms with E-state index in [0.29, 0.717) is 5.56 Å². The van der Waals surface area contributed by atoms with Crippen LogP contribution in [0.2, 0.25) is 0 Å². The van der Waals surface area contributed by atoms with Gasteiger partial charge in [0, 0.05) is 6.54 Å². The lowest BCUT2D eigenvalue weighted by Crippen LogP contribution is -2.29. The molecule has 0 radical (unpaired) electrons. The number of halogens is 1. The number of phenols is 1. The van der Waals surface area contributed by atoms with Crippen molar-refractivity contribution < 1.29 is 18.7 Å². The predicted molar refractivity (Wildman–Crippen MR) is 113 cm³/mol. The van der Waals surface area contributed by atoms with E-state index in [-0.39, 0.29) is 34.6 Å². The van der Waals surface area contributed by atoms with Crippen LogP contribution in [0.5, 0.6) is 5.75 Å². The molecule has 0 saturated heterocycles. The highest BCUT2D eigenvalue weighted by molar-refractivity contribution is 5.99. The van der Waals surface area contributed by atoms with Gasteiger partial charge < -0.3 is 14.4 Å². The van der Waals surface area contributed by atoms with Crippen LogP contribution >= 0.6 is 0 Å². The summed E-state index contributed by atoms with van der Waals surface area (Å²) in [4.78, 5) is 28.3. The Morgan fingerprint density at radius 1 is 1.00 bits per heavy atom. The second-order valence-corrected chi connectivity index (χ2v) is 7.73. The van der Waals surface area contributed by atoms with Gasteiger partial charge in [-0.25, -0.2) is 4.39 Å². The normalized spacial score (nSPS) is 15.5. The van der Waals surface area contributed by atoms with Gasteiger partial charge >= 0.3 is 0 Å². The number of nitrogens with zero attached hydrogens (tertiary/aromatic N) is 1. The van der Waals surface area contributed by atoms with E-state index >= 15 is 0 Å². The van der Waals surface area contributed by atoms with Crippen molar-refractivity contribution in [2.75, 3.05) is 0 Å². The van der Waals surface area contributed by atoms with Gasteiger partial charge in [-0.15, -0.1) is 0 Å². The maximum absolute atomic E-state index is 13.8. The van der Waals surface area contributed by atoms with Crippen molar-refractivity contribution in [1.82, 2.24) is 4.90 Å². The molecule has 1 aliphatic heterocycles. The fourth-order valence-electron chi connectivity index (χ4n) is 4.05. The second-order valence-electron chi connectivity index (χ2n) is 7.73. The first-order valence-electron chi connectivity index (χ1n) is 9.84. The maximum Gasteiger partial charge on any atom is 0.291 e. The lowest BCUT2D eigenvalue weighted by molar-refractivity contribution is 0.0714. The van der Waals surface area contributed by atoms with Gasteiger partial charge in [-0.3, -0.25) is 9.59 Å². The van der Waals surface area contributed by atoms with Crippen molar-refractivity contribution in [3.05, 3.63) is 111 Å². The zero-order chi connectivity index (χ0) is 21.7. The molecular formula is C25H18FNO4. The summed E-state index contributed by atoms with van der Waals surface area (Å²) in [6.45, 7) is 2.24. The number of aromatic hydroxyl groups is 1. The molecule has 3 aromatic carbocycles. The van der Waals surface area contributed by atoms with E-state index in [1.54, 1.807) is 17.0 Å². The molecule has 0 aliphatic carbocycles. The van der Waals surface area contributed by atoms with Crippen molar-refractivity contribution in [3.8, 4) is 5.75 Å². The van der Waals surface area contributed by atoms with Gasteiger partial charge in [0.1, 0.15) is 17.1 Å². The van der Waals surface area contributed by atoms with Crippen LogP contribution in [0.3, 0.4) is 0 Å². The maximum atomic E-state index is 13.8. The summed E-state index contributed by atoms with van der Waals surface area (Å²) in [5.74, 6) is -0.918. The average Bonchev–Trinajstić information content (AvgIpc) is 3.03. The van der Waals surface area contributed by atoms with E-state index < -0.39 is 23.2 Å². The quantitative estimate of drug-likeness (QED) is 0.527. The Bertz CT molecular complexity index is 1370. The van der Waals surface area contributed by atoms with E-state index in [1.165, 1.54) is 24.3 Å². The third-order valence-corrected chi connectivity index (χ3v) is 5.61. The average molecular weight is 415 g/mol. The lowest BCUT2D eigenvalue weighted by Gasteiger charge is -2.25. The molecule has 1 aliphatic rings. The summed E-state index contributed by atoms with van der Waals surface area (Å²) in [5, 5.41) is 9.79. The van der Waals surface area contributed by atoms with Crippen LogP contribution < -0.4 is 5.43 Å². The molecule has 0 fully saturated rings. The molecule has 2 heterocycles. The van der Waals surface area contributed by atoms with Gasteiger partial charge in [-0.2, -0.15) is 0 Å². The summed E-state index contributed by atoms with van der Waals surface area (Å²) in [6, 6.07) is 17.1. The number of carbonyl (C=O) groups excluding carboxylic acids is 1. The Morgan fingerprint density at radius 2 is 1.71 bits per heavy atom. The Morgan fingerprint density at radius 3 is 2.42 bits per heavy atom. The number of aryl methyl sites for hydroxylation is 1. The molecule has 0 unspecified atom stereocenters. The molecule has 4 aromatic rings. The number of hydrogen-bond acceptors (Lipinski definition) is 4. The van der Waals surface area contributed by atoms with Crippen LogP contribution in [0.15, 0.2) is 75.9 Å². The van der Waals surface area contributed by atoms with Gasteiger partial charge in [-0.05, 0) is 48.4 Å². The van der Waals surface area contributed by atoms with Crippen LogP contribution in [0, 0.1) is 12.7 Å². The summed E-state index contributed by atoms with van der Waals surface area (Å²) in [5.41, 5.74) is 2.56. The van der Waals surface area contributed by atoms with Crippen LogP contribution in [0.4, 0.5) is 4.39 Å². The Hall–Kier alpha value is -3.93. The van der Waals surface area contributed by atoms with Gasteiger partial charge in [0.2, 0.25) is 5.76 Å². The molecule has 6 heteroatoms. The fourth-order valence-corrected chi connectivity index (χ4v) is 4.05. The van der Waals surface area contributed by atoms with Crippen LogP contribution in [0.1, 0.15) is 38.9 Å². The highest BCUT2D eigenvalue weighted by Crippen LogP contribution is 2.39. The summed E-state index contributed by atoms with van der Waals surface area (Å²) in [7, 11) is 0. The number of benzene rings is 3. The van der Waals surface area contributed by atoms with Gasteiger partial charge in [0.25, 0.3) is 5.91 Å². The minimum absolute atomic E-state index is 0.0331. The summed E-state index contributed by atoms with van der Waals surface area (Å²) < 4.78 is 19.6. The first kappa shape index (κ1) is 19.1. The van der Waals surface area contributed by atoms with Crippen LogP contribution in [-0.4, -0.2) is 15.9 Å². The molecule has 154 valence electrons. The second kappa shape index (κ2) is 7.09. The van der Waals surface area contributed by atoms with Gasteiger partial charge in [-0.1, -0.05) is 42.0 Å². The first-order chi connectivity index (χ1) is 14.9. The van der Waals surface area contributed by atoms with Crippen molar-refractivity contribution in [2.45, 2.75) is 19.5 Å². The minimum Gasteiger partial charge on any atom is -0.508 e. The largest absolute Gasteiger partial charge is 0.508 e. The van der Waals surface area contributed by atoms with Crippen molar-refractivity contribution in [2.24, 2.45) is 0 Å². The van der Waals surface area contributed by atoms with Crippen molar-refractivity contribution in [1.29, 1.82) is 0 Å². The number of fused-ring (bicyclic) bond motifs is 2. The van der Waals surface area contributed by atoms with E-state index in [0.717, 1.165) is 17.2 Å². The van der Waals surface area contributed by atoms with Gasteiger partial charge in [0.05, 0.1) is 17.0 Å². The van der Waals surface area contributed by atoms with Crippen molar-refractivity contribution >= 4 is 16.9 Å². The molecule has 0 bridgehead atoms. The van der Waals surface area contributed by atoms with Gasteiger partial charge in [0.15, 0.2) is 5.43 Å². The molecule has 1 atom stereocenters. The Balaban J connectivity index is 1.72. The zero-order valence-corrected chi connectivity index (χ0v) is 16.6. The zero-order valence-electron chi connectivity index (χ0n) is 16.6. The van der Waals surface area contributed by atoms with E-state index in [4.69, 9.17) is 4.42 Å². The highest BCUT2D eigenvalue weighted by atomic mass is 19.1. The topological polar surface area (TPSA) is 70.8 Å². The number of rotatable bonds is 3. The number of phenolic OH excluding ortho intramolecular Hbond substituents is 1. The number of amides is 1.